The number of hydrogen-bond acceptors (Lipinski definition) is 6. The van der Waals surface area contributed by atoms with Crippen LogP contribution in [-0.4, -0.2) is 31.2 Å². The van der Waals surface area contributed by atoms with Gasteiger partial charge in [0.15, 0.2) is 0 Å². The van der Waals surface area contributed by atoms with Crippen molar-refractivity contribution >= 4 is 46.4 Å². The highest BCUT2D eigenvalue weighted by atomic mass is 35.5. The van der Waals surface area contributed by atoms with E-state index in [-0.39, 0.29) is 22.9 Å². The number of methoxy groups -OCH3 is 2. The Morgan fingerprint density at radius 3 is 2.06 bits per heavy atom. The summed E-state index contributed by atoms with van der Waals surface area (Å²) in [6.07, 6.45) is 0. The van der Waals surface area contributed by atoms with Gasteiger partial charge in [0.25, 0.3) is 5.91 Å². The van der Waals surface area contributed by atoms with Crippen LogP contribution in [0.5, 0.6) is 11.5 Å². The minimum atomic E-state index is -0.516. The van der Waals surface area contributed by atoms with Crippen molar-refractivity contribution in [2.24, 2.45) is 0 Å². The second-order valence-corrected chi connectivity index (χ2v) is 7.26. The molecule has 0 spiro atoms. The van der Waals surface area contributed by atoms with E-state index >= 15 is 0 Å². The Labute approximate surface area is 188 Å². The standard InChI is InChI=1S/C21H19Cl2N3O5/c1-10-18(20(26-31-10)19-12(22)6-5-7-13(19)23)21(28)25-15-9-16(29-3)14(24-11(2)27)8-17(15)30-4/h5-9H,1-4H3,(H,24,27)(H,25,28). The van der Waals surface area contributed by atoms with Gasteiger partial charge in [0.2, 0.25) is 5.91 Å². The molecule has 1 heterocycles. The Kier molecular flexibility index (Phi) is 6.72. The summed E-state index contributed by atoms with van der Waals surface area (Å²) in [5.41, 5.74) is 1.48. The maximum atomic E-state index is 13.2. The molecule has 3 aromatic rings. The molecule has 2 aromatic carbocycles. The number of halogens is 2. The summed E-state index contributed by atoms with van der Waals surface area (Å²) in [5.74, 6) is 0.132. The van der Waals surface area contributed by atoms with Gasteiger partial charge in [0.1, 0.15) is 28.5 Å². The lowest BCUT2D eigenvalue weighted by Crippen LogP contribution is -2.15. The number of rotatable bonds is 6. The third kappa shape index (κ3) is 4.60. The molecule has 0 saturated heterocycles. The van der Waals surface area contributed by atoms with Crippen molar-refractivity contribution in [1.82, 2.24) is 5.16 Å². The third-order valence-corrected chi connectivity index (χ3v) is 5.00. The van der Waals surface area contributed by atoms with Crippen LogP contribution < -0.4 is 20.1 Å². The lowest BCUT2D eigenvalue weighted by Gasteiger charge is -2.16. The van der Waals surface area contributed by atoms with Crippen LogP contribution in [0.25, 0.3) is 11.3 Å². The summed E-state index contributed by atoms with van der Waals surface area (Å²) in [5, 5.41) is 10.1. The highest BCUT2D eigenvalue weighted by Crippen LogP contribution is 2.39. The molecule has 0 unspecified atom stereocenters. The van der Waals surface area contributed by atoms with Crippen LogP contribution in [0.1, 0.15) is 23.0 Å². The van der Waals surface area contributed by atoms with Gasteiger partial charge in [-0.1, -0.05) is 34.4 Å². The molecule has 162 valence electrons. The van der Waals surface area contributed by atoms with E-state index in [0.717, 1.165) is 0 Å². The van der Waals surface area contributed by atoms with Crippen LogP contribution in [0.4, 0.5) is 11.4 Å². The Hall–Kier alpha value is -3.23. The largest absolute Gasteiger partial charge is 0.494 e. The molecule has 0 fully saturated rings. The summed E-state index contributed by atoms with van der Waals surface area (Å²) in [6, 6.07) is 8.05. The van der Waals surface area contributed by atoms with Crippen LogP contribution in [0.15, 0.2) is 34.9 Å². The molecule has 0 atom stereocenters. The van der Waals surface area contributed by atoms with Crippen molar-refractivity contribution in [3.8, 4) is 22.8 Å². The zero-order valence-corrected chi connectivity index (χ0v) is 18.6. The van der Waals surface area contributed by atoms with Crippen LogP contribution >= 0.6 is 23.2 Å². The fraction of sp³-hybridized carbons (Fsp3) is 0.190. The van der Waals surface area contributed by atoms with Gasteiger partial charge in [-0.25, -0.2) is 0 Å². The molecule has 8 nitrogen and oxygen atoms in total. The lowest BCUT2D eigenvalue weighted by atomic mass is 10.1. The topological polar surface area (TPSA) is 103 Å². The number of amides is 2. The number of carbonyl (C=O) groups is 2. The molecule has 0 bridgehead atoms. The van der Waals surface area contributed by atoms with E-state index in [4.69, 9.17) is 37.2 Å². The number of ether oxygens (including phenoxy) is 2. The monoisotopic (exact) mass is 463 g/mol. The molecule has 3 rings (SSSR count). The summed E-state index contributed by atoms with van der Waals surface area (Å²) in [4.78, 5) is 24.6. The lowest BCUT2D eigenvalue weighted by molar-refractivity contribution is -0.114. The fourth-order valence-corrected chi connectivity index (χ4v) is 3.58. The average Bonchev–Trinajstić information content (AvgIpc) is 3.09. The van der Waals surface area contributed by atoms with Crippen molar-refractivity contribution in [2.45, 2.75) is 13.8 Å². The Bertz CT molecular complexity index is 1140. The van der Waals surface area contributed by atoms with Gasteiger partial charge < -0.3 is 24.6 Å². The Morgan fingerprint density at radius 1 is 1.00 bits per heavy atom. The summed E-state index contributed by atoms with van der Waals surface area (Å²) < 4.78 is 15.9. The van der Waals surface area contributed by atoms with Crippen molar-refractivity contribution in [1.29, 1.82) is 0 Å². The maximum absolute atomic E-state index is 13.2. The van der Waals surface area contributed by atoms with Crippen molar-refractivity contribution in [3.05, 3.63) is 51.7 Å². The van der Waals surface area contributed by atoms with E-state index in [1.54, 1.807) is 31.2 Å². The minimum absolute atomic E-state index is 0.168. The highest BCUT2D eigenvalue weighted by Gasteiger charge is 2.26. The molecule has 10 heteroatoms. The minimum Gasteiger partial charge on any atom is -0.494 e. The SMILES string of the molecule is COc1cc(NC(=O)c2c(-c3c(Cl)cccc3Cl)noc2C)c(OC)cc1NC(C)=O. The zero-order chi connectivity index (χ0) is 22.7. The predicted molar refractivity (Wildman–Crippen MR) is 118 cm³/mol. The normalized spacial score (nSPS) is 10.5. The number of nitrogens with zero attached hydrogens (tertiary/aromatic N) is 1. The van der Waals surface area contributed by atoms with Gasteiger partial charge >= 0.3 is 0 Å². The van der Waals surface area contributed by atoms with E-state index in [0.29, 0.717) is 38.5 Å². The molecule has 1 aromatic heterocycles. The van der Waals surface area contributed by atoms with Gasteiger partial charge in [-0.3, -0.25) is 9.59 Å². The zero-order valence-electron chi connectivity index (χ0n) is 17.1. The van der Waals surface area contributed by atoms with Crippen LogP contribution in [-0.2, 0) is 4.79 Å². The van der Waals surface area contributed by atoms with Crippen LogP contribution in [0.2, 0.25) is 10.0 Å². The highest BCUT2D eigenvalue weighted by molar-refractivity contribution is 6.39. The number of nitrogens with one attached hydrogen (secondary N) is 2. The fourth-order valence-electron chi connectivity index (χ4n) is 3.00. The van der Waals surface area contributed by atoms with E-state index < -0.39 is 5.91 Å². The van der Waals surface area contributed by atoms with Crippen LogP contribution in [0, 0.1) is 6.92 Å². The predicted octanol–water partition coefficient (Wildman–Crippen LogP) is 5.18. The van der Waals surface area contributed by atoms with Gasteiger partial charge in [-0.15, -0.1) is 0 Å². The van der Waals surface area contributed by atoms with E-state index in [2.05, 4.69) is 15.8 Å². The number of hydrogen-bond donors (Lipinski definition) is 2. The molecule has 0 aliphatic rings. The first-order chi connectivity index (χ1) is 14.8. The van der Waals surface area contributed by atoms with Gasteiger partial charge in [-0.05, 0) is 19.1 Å². The molecular weight excluding hydrogens is 445 g/mol. The first kappa shape index (κ1) is 22.5. The Morgan fingerprint density at radius 2 is 1.55 bits per heavy atom. The Balaban J connectivity index is 2.03. The molecule has 0 aliphatic carbocycles. The van der Waals surface area contributed by atoms with Gasteiger partial charge in [0.05, 0.1) is 35.6 Å². The molecule has 2 N–H and O–H groups in total. The number of aromatic nitrogens is 1. The number of anilines is 2. The molecule has 0 saturated carbocycles. The molecular formula is C21H19Cl2N3O5. The molecule has 0 aliphatic heterocycles. The number of carbonyl (C=O) groups excluding carboxylic acids is 2. The van der Waals surface area contributed by atoms with Crippen molar-refractivity contribution < 1.29 is 23.6 Å². The second kappa shape index (κ2) is 9.28. The van der Waals surface area contributed by atoms with Crippen molar-refractivity contribution in [2.75, 3.05) is 24.9 Å². The quantitative estimate of drug-likeness (QED) is 0.521. The maximum Gasteiger partial charge on any atom is 0.261 e. The molecule has 0 radical (unpaired) electrons. The smallest absolute Gasteiger partial charge is 0.261 e. The van der Waals surface area contributed by atoms with E-state index in [9.17, 15) is 9.59 Å². The van der Waals surface area contributed by atoms with E-state index in [1.165, 1.54) is 27.2 Å². The average molecular weight is 464 g/mol. The van der Waals surface area contributed by atoms with Crippen molar-refractivity contribution in [3.63, 3.8) is 0 Å². The van der Waals surface area contributed by atoms with Gasteiger partial charge in [0, 0.05) is 24.6 Å². The number of aryl methyl sites for hydroxylation is 1. The summed E-state index contributed by atoms with van der Waals surface area (Å²) in [6.45, 7) is 2.98. The van der Waals surface area contributed by atoms with E-state index in [1.807, 2.05) is 0 Å². The van der Waals surface area contributed by atoms with Crippen LogP contribution in [0.3, 0.4) is 0 Å². The van der Waals surface area contributed by atoms with Gasteiger partial charge in [-0.2, -0.15) is 0 Å². The molecule has 2 amide bonds. The molecule has 31 heavy (non-hydrogen) atoms. The summed E-state index contributed by atoms with van der Waals surface area (Å²) in [7, 11) is 2.88. The first-order valence-corrected chi connectivity index (χ1v) is 9.78. The number of benzene rings is 2. The first-order valence-electron chi connectivity index (χ1n) is 9.02. The third-order valence-electron chi connectivity index (χ3n) is 4.37. The summed E-state index contributed by atoms with van der Waals surface area (Å²) >= 11 is 12.6. The second-order valence-electron chi connectivity index (χ2n) is 6.45.